The second-order valence-electron chi connectivity index (χ2n) is 4.02. The van der Waals surface area contributed by atoms with Crippen molar-refractivity contribution < 1.29 is 9.90 Å². The molecule has 0 radical (unpaired) electrons. The Bertz CT molecular complexity index is 373. The molecule has 0 aromatic carbocycles. The van der Waals surface area contributed by atoms with Gasteiger partial charge in [-0.25, -0.2) is 0 Å². The molecule has 1 aliphatic rings. The van der Waals surface area contributed by atoms with Crippen molar-refractivity contribution in [2.75, 3.05) is 19.6 Å². The van der Waals surface area contributed by atoms with E-state index in [2.05, 4.69) is 11.1 Å². The summed E-state index contributed by atoms with van der Waals surface area (Å²) < 4.78 is 0. The van der Waals surface area contributed by atoms with E-state index in [1.54, 1.807) is 0 Å². The second kappa shape index (κ2) is 3.98. The van der Waals surface area contributed by atoms with Crippen LogP contribution in [0, 0.1) is 6.92 Å². The zero-order chi connectivity index (χ0) is 10.8. The zero-order valence-corrected chi connectivity index (χ0v) is 8.68. The van der Waals surface area contributed by atoms with E-state index in [0.29, 0.717) is 5.92 Å². The summed E-state index contributed by atoms with van der Waals surface area (Å²) in [5, 5.41) is 8.60. The lowest BCUT2D eigenvalue weighted by Gasteiger charge is -2.38. The molecule has 1 fully saturated rings. The summed E-state index contributed by atoms with van der Waals surface area (Å²) in [5.74, 6) is -0.273. The fourth-order valence-electron chi connectivity index (χ4n) is 1.92. The first-order valence-corrected chi connectivity index (χ1v) is 5.02. The van der Waals surface area contributed by atoms with Gasteiger partial charge in [0.1, 0.15) is 0 Å². The van der Waals surface area contributed by atoms with Crippen molar-refractivity contribution in [3.8, 4) is 0 Å². The van der Waals surface area contributed by atoms with Gasteiger partial charge < -0.3 is 5.11 Å². The molecular weight excluding hydrogens is 192 g/mol. The molecular formula is C11H14N2O2. The van der Waals surface area contributed by atoms with Crippen molar-refractivity contribution >= 4 is 5.97 Å². The predicted octanol–water partition coefficient (Wildman–Crippen LogP) is 0.874. The molecule has 4 nitrogen and oxygen atoms in total. The van der Waals surface area contributed by atoms with E-state index in [-0.39, 0.29) is 6.54 Å². The number of hydrogen-bond acceptors (Lipinski definition) is 3. The van der Waals surface area contributed by atoms with Crippen molar-refractivity contribution in [2.24, 2.45) is 0 Å². The van der Waals surface area contributed by atoms with Crippen LogP contribution in [-0.2, 0) is 4.79 Å². The van der Waals surface area contributed by atoms with Crippen molar-refractivity contribution in [2.45, 2.75) is 12.8 Å². The number of aromatic nitrogens is 1. The molecule has 1 N–H and O–H groups in total. The van der Waals surface area contributed by atoms with Crippen LogP contribution in [0.5, 0.6) is 0 Å². The van der Waals surface area contributed by atoms with Crippen LogP contribution in [-0.4, -0.2) is 40.6 Å². The SMILES string of the molecule is Cc1cc(C2CN(CC(=O)O)C2)ccn1. The van der Waals surface area contributed by atoms with E-state index >= 15 is 0 Å². The second-order valence-corrected chi connectivity index (χ2v) is 4.02. The third-order valence-electron chi connectivity index (χ3n) is 2.71. The Balaban J connectivity index is 1.92. The Kier molecular flexibility index (Phi) is 2.68. The molecule has 1 aromatic heterocycles. The lowest BCUT2D eigenvalue weighted by Crippen LogP contribution is -2.47. The van der Waals surface area contributed by atoms with Crippen LogP contribution in [0.3, 0.4) is 0 Å². The highest BCUT2D eigenvalue weighted by atomic mass is 16.4. The highest BCUT2D eigenvalue weighted by Gasteiger charge is 2.29. The van der Waals surface area contributed by atoms with Gasteiger partial charge >= 0.3 is 5.97 Å². The number of aryl methyl sites for hydroxylation is 1. The molecule has 0 atom stereocenters. The van der Waals surface area contributed by atoms with Crippen molar-refractivity contribution in [3.05, 3.63) is 29.6 Å². The Labute approximate surface area is 88.6 Å². The third-order valence-corrected chi connectivity index (χ3v) is 2.71. The number of likely N-dealkylation sites (tertiary alicyclic amines) is 1. The summed E-state index contributed by atoms with van der Waals surface area (Å²) >= 11 is 0. The largest absolute Gasteiger partial charge is 0.480 e. The van der Waals surface area contributed by atoms with Crippen LogP contribution in [0.4, 0.5) is 0 Å². The molecule has 0 amide bonds. The summed E-state index contributed by atoms with van der Waals surface area (Å²) in [6, 6.07) is 4.08. The van der Waals surface area contributed by atoms with Gasteiger partial charge in [-0.3, -0.25) is 14.7 Å². The van der Waals surface area contributed by atoms with Gasteiger partial charge in [0, 0.05) is 30.9 Å². The predicted molar refractivity (Wildman–Crippen MR) is 55.8 cm³/mol. The first-order chi connectivity index (χ1) is 7.15. The lowest BCUT2D eigenvalue weighted by molar-refractivity contribution is -0.139. The Hall–Kier alpha value is -1.42. The quantitative estimate of drug-likeness (QED) is 0.797. The third kappa shape index (κ3) is 2.33. The molecule has 4 heteroatoms. The summed E-state index contributed by atoms with van der Waals surface area (Å²) in [7, 11) is 0. The van der Waals surface area contributed by atoms with E-state index < -0.39 is 5.97 Å². The van der Waals surface area contributed by atoms with Gasteiger partial charge in [-0.05, 0) is 24.6 Å². The standard InChI is InChI=1S/C11H14N2O2/c1-8-4-9(2-3-12-8)10-5-13(6-10)7-11(14)15/h2-4,10H,5-7H2,1H3,(H,14,15). The van der Waals surface area contributed by atoms with Gasteiger partial charge in [0.15, 0.2) is 0 Å². The maximum Gasteiger partial charge on any atom is 0.317 e. The molecule has 1 aliphatic heterocycles. The van der Waals surface area contributed by atoms with Gasteiger partial charge in [0.05, 0.1) is 6.54 Å². The van der Waals surface area contributed by atoms with Crippen LogP contribution in [0.25, 0.3) is 0 Å². The number of carboxylic acid groups (broad SMARTS) is 1. The summed E-state index contributed by atoms with van der Waals surface area (Å²) in [6.07, 6.45) is 1.81. The molecule has 80 valence electrons. The van der Waals surface area contributed by atoms with E-state index in [1.165, 1.54) is 5.56 Å². The molecule has 0 unspecified atom stereocenters. The minimum atomic E-state index is -0.751. The van der Waals surface area contributed by atoms with Crippen molar-refractivity contribution in [1.29, 1.82) is 0 Å². The molecule has 1 aromatic rings. The van der Waals surface area contributed by atoms with Crippen molar-refractivity contribution in [1.82, 2.24) is 9.88 Å². The zero-order valence-electron chi connectivity index (χ0n) is 8.68. The minimum absolute atomic E-state index is 0.153. The summed E-state index contributed by atoms with van der Waals surface area (Å²) in [4.78, 5) is 16.5. The molecule has 2 heterocycles. The molecule has 2 rings (SSSR count). The number of nitrogens with zero attached hydrogens (tertiary/aromatic N) is 2. The number of hydrogen-bond donors (Lipinski definition) is 1. The minimum Gasteiger partial charge on any atom is -0.480 e. The van der Waals surface area contributed by atoms with Crippen LogP contribution in [0.2, 0.25) is 0 Å². The molecule has 0 saturated carbocycles. The van der Waals surface area contributed by atoms with E-state index in [1.807, 2.05) is 24.1 Å². The molecule has 1 saturated heterocycles. The van der Waals surface area contributed by atoms with Crippen LogP contribution >= 0.6 is 0 Å². The maximum atomic E-state index is 10.4. The summed E-state index contributed by atoms with van der Waals surface area (Å²) in [6.45, 7) is 3.81. The van der Waals surface area contributed by atoms with Gasteiger partial charge in [-0.2, -0.15) is 0 Å². The van der Waals surface area contributed by atoms with Crippen LogP contribution < -0.4 is 0 Å². The van der Waals surface area contributed by atoms with Gasteiger partial charge in [0.2, 0.25) is 0 Å². The first-order valence-electron chi connectivity index (χ1n) is 5.02. The van der Waals surface area contributed by atoms with Gasteiger partial charge in [-0.1, -0.05) is 0 Å². The average Bonchev–Trinajstić information content (AvgIpc) is 2.10. The van der Waals surface area contributed by atoms with Gasteiger partial charge in [0.25, 0.3) is 0 Å². The Morgan fingerprint density at radius 2 is 2.40 bits per heavy atom. The van der Waals surface area contributed by atoms with E-state index in [9.17, 15) is 4.79 Å². The molecule has 0 bridgehead atoms. The highest BCUT2D eigenvalue weighted by molar-refractivity contribution is 5.69. The normalized spacial score (nSPS) is 17.4. The maximum absolute atomic E-state index is 10.4. The van der Waals surface area contributed by atoms with Crippen LogP contribution in [0.15, 0.2) is 18.3 Å². The Morgan fingerprint density at radius 3 is 3.00 bits per heavy atom. The topological polar surface area (TPSA) is 53.4 Å². The van der Waals surface area contributed by atoms with Gasteiger partial charge in [-0.15, -0.1) is 0 Å². The fourth-order valence-corrected chi connectivity index (χ4v) is 1.92. The number of rotatable bonds is 3. The number of carboxylic acids is 1. The average molecular weight is 206 g/mol. The molecule has 0 aliphatic carbocycles. The lowest BCUT2D eigenvalue weighted by atomic mass is 9.92. The molecule has 0 spiro atoms. The van der Waals surface area contributed by atoms with E-state index in [0.717, 1.165) is 18.8 Å². The smallest absolute Gasteiger partial charge is 0.317 e. The first kappa shape index (κ1) is 10.1. The van der Waals surface area contributed by atoms with Crippen molar-refractivity contribution in [3.63, 3.8) is 0 Å². The monoisotopic (exact) mass is 206 g/mol. The fraction of sp³-hybridized carbons (Fsp3) is 0.455. The number of carbonyl (C=O) groups is 1. The molecule has 15 heavy (non-hydrogen) atoms. The highest BCUT2D eigenvalue weighted by Crippen LogP contribution is 2.26. The summed E-state index contributed by atoms with van der Waals surface area (Å²) in [5.41, 5.74) is 2.29. The number of aliphatic carboxylic acids is 1. The van der Waals surface area contributed by atoms with Crippen LogP contribution in [0.1, 0.15) is 17.2 Å². The number of pyridine rings is 1. The Morgan fingerprint density at radius 1 is 1.67 bits per heavy atom. The van der Waals surface area contributed by atoms with E-state index in [4.69, 9.17) is 5.11 Å².